The molecule has 1 amide bonds. The molecule has 6 heteroatoms. The number of carbonyl (C=O) groups excluding carboxylic acids is 1. The van der Waals surface area contributed by atoms with Crippen LogP contribution in [0.2, 0.25) is 18.1 Å². The summed E-state index contributed by atoms with van der Waals surface area (Å²) in [6, 6.07) is 5.52. The van der Waals surface area contributed by atoms with Gasteiger partial charge in [-0.2, -0.15) is 0 Å². The van der Waals surface area contributed by atoms with Crippen molar-refractivity contribution >= 4 is 19.9 Å². The van der Waals surface area contributed by atoms with Crippen LogP contribution in [0.3, 0.4) is 0 Å². The van der Waals surface area contributed by atoms with E-state index in [9.17, 15) is 9.18 Å². The first-order valence-corrected chi connectivity index (χ1v) is 13.3. The van der Waals surface area contributed by atoms with Gasteiger partial charge >= 0.3 is 0 Å². The summed E-state index contributed by atoms with van der Waals surface area (Å²) in [4.78, 5) is 14.2. The molecule has 1 aromatic carbocycles. The molecule has 0 saturated carbocycles. The number of anilines is 1. The van der Waals surface area contributed by atoms with Crippen LogP contribution in [-0.4, -0.2) is 44.4 Å². The highest BCUT2D eigenvalue weighted by atomic mass is 28.4. The van der Waals surface area contributed by atoms with Gasteiger partial charge in [0.1, 0.15) is 5.82 Å². The molecular formula is C22H37FN2O2Si. The van der Waals surface area contributed by atoms with E-state index >= 15 is 0 Å². The summed E-state index contributed by atoms with van der Waals surface area (Å²) in [5.41, 5.74) is 1.46. The molecule has 1 aromatic rings. The zero-order valence-electron chi connectivity index (χ0n) is 18.6. The van der Waals surface area contributed by atoms with Crippen molar-refractivity contribution in [3.8, 4) is 0 Å². The minimum absolute atomic E-state index is 0.147. The number of carbonyl (C=O) groups is 1. The monoisotopic (exact) mass is 408 g/mol. The molecule has 0 aromatic heterocycles. The number of rotatable bonds is 8. The molecule has 0 aliphatic carbocycles. The fourth-order valence-corrected chi connectivity index (χ4v) is 4.41. The van der Waals surface area contributed by atoms with Gasteiger partial charge in [-0.1, -0.05) is 26.8 Å². The first kappa shape index (κ1) is 22.9. The molecule has 1 fully saturated rings. The van der Waals surface area contributed by atoms with Gasteiger partial charge in [-0.3, -0.25) is 4.79 Å². The molecule has 1 heterocycles. The smallest absolute Gasteiger partial charge is 0.222 e. The number of nitrogens with one attached hydrogen (secondary N) is 1. The second kappa shape index (κ2) is 8.95. The fourth-order valence-electron chi connectivity index (χ4n) is 3.07. The zero-order chi connectivity index (χ0) is 21.1. The van der Waals surface area contributed by atoms with Crippen molar-refractivity contribution in [1.29, 1.82) is 0 Å². The highest BCUT2D eigenvalue weighted by Gasteiger charge is 2.42. The summed E-state index contributed by atoms with van der Waals surface area (Å²) in [5, 5.41) is 3.38. The van der Waals surface area contributed by atoms with Crippen molar-refractivity contribution in [3.05, 3.63) is 29.6 Å². The SMILES string of the molecule is CC(C)Nc1ccc(CCCC(=O)N2CC(O[Si](C)(C)C(C)(C)C)C2)c(F)c1. The first-order chi connectivity index (χ1) is 12.9. The molecule has 1 aliphatic heterocycles. The molecule has 0 unspecified atom stereocenters. The molecule has 0 radical (unpaired) electrons. The molecule has 2 rings (SSSR count). The van der Waals surface area contributed by atoms with Gasteiger partial charge in [0.15, 0.2) is 8.32 Å². The lowest BCUT2D eigenvalue weighted by molar-refractivity contribution is -0.140. The van der Waals surface area contributed by atoms with Gasteiger partial charge in [0.2, 0.25) is 5.91 Å². The number of likely N-dealkylation sites (tertiary alicyclic amines) is 1. The van der Waals surface area contributed by atoms with Gasteiger partial charge in [0.25, 0.3) is 0 Å². The van der Waals surface area contributed by atoms with E-state index in [0.717, 1.165) is 5.69 Å². The standard InChI is InChI=1S/C22H37FN2O2Si/c1-16(2)24-18-12-11-17(20(23)13-18)9-8-10-21(26)25-14-19(15-25)27-28(6,7)22(3,4)5/h11-13,16,19,24H,8-10,14-15H2,1-7H3. The molecule has 1 saturated heterocycles. The van der Waals surface area contributed by atoms with Crippen molar-refractivity contribution in [2.75, 3.05) is 18.4 Å². The maximum Gasteiger partial charge on any atom is 0.222 e. The minimum atomic E-state index is -1.78. The summed E-state index contributed by atoms with van der Waals surface area (Å²) in [6.45, 7) is 16.6. The highest BCUT2D eigenvalue weighted by molar-refractivity contribution is 6.74. The average molecular weight is 409 g/mol. The molecular weight excluding hydrogens is 371 g/mol. The summed E-state index contributed by atoms with van der Waals surface area (Å²) in [7, 11) is -1.78. The fraction of sp³-hybridized carbons (Fsp3) is 0.682. The lowest BCUT2D eigenvalue weighted by atomic mass is 10.1. The van der Waals surface area contributed by atoms with E-state index in [4.69, 9.17) is 4.43 Å². The number of aryl methyl sites for hydroxylation is 1. The molecule has 0 atom stereocenters. The Labute approximate surface area is 171 Å². The zero-order valence-corrected chi connectivity index (χ0v) is 19.6. The molecule has 1 aliphatic rings. The predicted octanol–water partition coefficient (Wildman–Crippen LogP) is 5.20. The normalized spacial score (nSPS) is 15.7. The van der Waals surface area contributed by atoms with E-state index in [1.54, 1.807) is 0 Å². The van der Waals surface area contributed by atoms with Crippen LogP contribution in [0, 0.1) is 5.82 Å². The number of benzene rings is 1. The number of hydrogen-bond acceptors (Lipinski definition) is 3. The maximum absolute atomic E-state index is 14.2. The van der Waals surface area contributed by atoms with Crippen molar-refractivity contribution in [2.45, 2.75) is 84.2 Å². The van der Waals surface area contributed by atoms with Crippen molar-refractivity contribution in [1.82, 2.24) is 4.90 Å². The van der Waals surface area contributed by atoms with Crippen molar-refractivity contribution in [3.63, 3.8) is 0 Å². The third-order valence-electron chi connectivity index (χ3n) is 5.81. The third-order valence-corrected chi connectivity index (χ3v) is 10.3. The van der Waals surface area contributed by atoms with Gasteiger partial charge in [0.05, 0.1) is 6.10 Å². The third kappa shape index (κ3) is 6.05. The van der Waals surface area contributed by atoms with Crippen LogP contribution in [0.1, 0.15) is 53.0 Å². The van der Waals surface area contributed by atoms with E-state index < -0.39 is 8.32 Å². The van der Waals surface area contributed by atoms with E-state index in [-0.39, 0.29) is 28.9 Å². The summed E-state index contributed by atoms with van der Waals surface area (Å²) >= 11 is 0. The molecule has 1 N–H and O–H groups in total. The van der Waals surface area contributed by atoms with Crippen LogP contribution >= 0.6 is 0 Å². The lowest BCUT2D eigenvalue weighted by Gasteiger charge is -2.46. The van der Waals surface area contributed by atoms with Gasteiger partial charge in [-0.15, -0.1) is 0 Å². The molecule has 0 spiro atoms. The minimum Gasteiger partial charge on any atom is -0.410 e. The van der Waals surface area contributed by atoms with Gasteiger partial charge in [-0.25, -0.2) is 4.39 Å². The Bertz CT molecular complexity index is 680. The van der Waals surface area contributed by atoms with Crippen LogP contribution in [-0.2, 0) is 15.6 Å². The number of amides is 1. The Morgan fingerprint density at radius 2 is 1.96 bits per heavy atom. The summed E-state index contributed by atoms with van der Waals surface area (Å²) in [6.07, 6.45) is 1.87. The predicted molar refractivity (Wildman–Crippen MR) is 117 cm³/mol. The number of nitrogens with zero attached hydrogens (tertiary/aromatic N) is 1. The van der Waals surface area contributed by atoms with Gasteiger partial charge in [-0.05, 0) is 62.5 Å². The molecule has 0 bridgehead atoms. The topological polar surface area (TPSA) is 41.6 Å². The van der Waals surface area contributed by atoms with Crippen LogP contribution in [0.25, 0.3) is 0 Å². The summed E-state index contributed by atoms with van der Waals surface area (Å²) < 4.78 is 20.6. The Balaban J connectivity index is 1.73. The summed E-state index contributed by atoms with van der Waals surface area (Å²) in [5.74, 6) is -0.0570. The van der Waals surface area contributed by atoms with Gasteiger partial charge in [0, 0.05) is 31.2 Å². The Morgan fingerprint density at radius 1 is 1.32 bits per heavy atom. The highest BCUT2D eigenvalue weighted by Crippen LogP contribution is 2.38. The maximum atomic E-state index is 14.2. The van der Waals surface area contributed by atoms with E-state index in [0.29, 0.717) is 37.9 Å². The van der Waals surface area contributed by atoms with Crippen LogP contribution in [0.4, 0.5) is 10.1 Å². The van der Waals surface area contributed by atoms with Crippen LogP contribution in [0.5, 0.6) is 0 Å². The van der Waals surface area contributed by atoms with E-state index in [2.05, 4.69) is 39.2 Å². The quantitative estimate of drug-likeness (QED) is 0.601. The Kier molecular flexibility index (Phi) is 7.31. The number of halogens is 1. The molecule has 28 heavy (non-hydrogen) atoms. The van der Waals surface area contributed by atoms with Crippen LogP contribution < -0.4 is 5.32 Å². The number of hydrogen-bond donors (Lipinski definition) is 1. The van der Waals surface area contributed by atoms with Crippen molar-refractivity contribution < 1.29 is 13.6 Å². The van der Waals surface area contributed by atoms with E-state index in [1.807, 2.05) is 30.9 Å². The Hall–Kier alpha value is -1.40. The Morgan fingerprint density at radius 3 is 2.50 bits per heavy atom. The average Bonchev–Trinajstić information content (AvgIpc) is 2.50. The van der Waals surface area contributed by atoms with Gasteiger partial charge < -0.3 is 14.6 Å². The largest absolute Gasteiger partial charge is 0.410 e. The van der Waals surface area contributed by atoms with Crippen molar-refractivity contribution in [2.24, 2.45) is 0 Å². The first-order valence-electron chi connectivity index (χ1n) is 10.4. The lowest BCUT2D eigenvalue weighted by Crippen LogP contribution is -2.59. The van der Waals surface area contributed by atoms with E-state index in [1.165, 1.54) is 6.07 Å². The van der Waals surface area contributed by atoms with Crippen LogP contribution in [0.15, 0.2) is 18.2 Å². The second-order valence-electron chi connectivity index (χ2n) is 9.76. The second-order valence-corrected chi connectivity index (χ2v) is 14.5. The molecule has 4 nitrogen and oxygen atoms in total. The molecule has 158 valence electrons.